The average molecular weight is 292 g/mol. The standard InChI is InChI=1S/C12H12N4O3S/c17-12(9-7-14-16(8-9)10-4-5-10)15-20(18,19)11-3-1-2-6-13-11/h1-3,6-8,10H,4-5H2,(H,15,17). The van der Waals surface area contributed by atoms with Crippen molar-refractivity contribution in [3.05, 3.63) is 42.4 Å². The van der Waals surface area contributed by atoms with Gasteiger partial charge in [0.15, 0.2) is 5.03 Å². The molecule has 1 aliphatic rings. The molecule has 7 nitrogen and oxygen atoms in total. The SMILES string of the molecule is O=C(NS(=O)(=O)c1ccccn1)c1cnn(C2CC2)c1. The number of pyridine rings is 1. The summed E-state index contributed by atoms with van der Waals surface area (Å²) >= 11 is 0. The molecule has 0 atom stereocenters. The van der Waals surface area contributed by atoms with Crippen molar-refractivity contribution in [2.75, 3.05) is 0 Å². The van der Waals surface area contributed by atoms with Crippen molar-refractivity contribution in [3.8, 4) is 0 Å². The molecule has 3 rings (SSSR count). The van der Waals surface area contributed by atoms with Crippen LogP contribution < -0.4 is 4.72 Å². The molecule has 1 N–H and O–H groups in total. The fourth-order valence-electron chi connectivity index (χ4n) is 1.73. The van der Waals surface area contributed by atoms with Crippen molar-refractivity contribution in [2.24, 2.45) is 0 Å². The minimum Gasteiger partial charge on any atom is -0.269 e. The second-order valence-electron chi connectivity index (χ2n) is 4.54. The van der Waals surface area contributed by atoms with Crippen LogP contribution in [0.3, 0.4) is 0 Å². The van der Waals surface area contributed by atoms with Crippen LogP contribution in [0.5, 0.6) is 0 Å². The van der Waals surface area contributed by atoms with Gasteiger partial charge in [0.05, 0.1) is 17.8 Å². The molecule has 0 saturated heterocycles. The first-order valence-electron chi connectivity index (χ1n) is 6.08. The molecule has 0 aromatic carbocycles. The maximum absolute atomic E-state index is 11.9. The van der Waals surface area contributed by atoms with E-state index < -0.39 is 15.9 Å². The molecule has 20 heavy (non-hydrogen) atoms. The van der Waals surface area contributed by atoms with Crippen LogP contribution in [-0.2, 0) is 10.0 Å². The van der Waals surface area contributed by atoms with Gasteiger partial charge in [-0.2, -0.15) is 13.5 Å². The maximum atomic E-state index is 11.9. The molecule has 2 heterocycles. The monoisotopic (exact) mass is 292 g/mol. The van der Waals surface area contributed by atoms with E-state index >= 15 is 0 Å². The van der Waals surface area contributed by atoms with Crippen molar-refractivity contribution in [1.29, 1.82) is 0 Å². The predicted octanol–water partition coefficient (Wildman–Crippen LogP) is 0.732. The zero-order valence-corrected chi connectivity index (χ0v) is 11.2. The summed E-state index contributed by atoms with van der Waals surface area (Å²) in [5, 5.41) is 3.86. The minimum absolute atomic E-state index is 0.192. The van der Waals surface area contributed by atoms with Crippen molar-refractivity contribution in [2.45, 2.75) is 23.9 Å². The largest absolute Gasteiger partial charge is 0.281 e. The Balaban J connectivity index is 1.77. The first-order chi connectivity index (χ1) is 9.56. The Morgan fingerprint density at radius 1 is 1.35 bits per heavy atom. The third-order valence-corrected chi connectivity index (χ3v) is 4.17. The molecule has 0 aliphatic heterocycles. The summed E-state index contributed by atoms with van der Waals surface area (Å²) in [4.78, 5) is 15.6. The van der Waals surface area contributed by atoms with Gasteiger partial charge in [0.1, 0.15) is 0 Å². The number of carbonyl (C=O) groups is 1. The highest BCUT2D eigenvalue weighted by Crippen LogP contribution is 2.33. The number of hydrogen-bond donors (Lipinski definition) is 1. The molecule has 104 valence electrons. The lowest BCUT2D eigenvalue weighted by Gasteiger charge is -2.04. The van der Waals surface area contributed by atoms with Gasteiger partial charge in [-0.1, -0.05) is 6.07 Å². The van der Waals surface area contributed by atoms with Crippen LogP contribution in [0.15, 0.2) is 41.8 Å². The molecule has 0 bridgehead atoms. The van der Waals surface area contributed by atoms with Gasteiger partial charge in [0.25, 0.3) is 15.9 Å². The van der Waals surface area contributed by atoms with E-state index in [2.05, 4.69) is 10.1 Å². The van der Waals surface area contributed by atoms with E-state index in [-0.39, 0.29) is 10.6 Å². The Labute approximate surface area is 115 Å². The fourth-order valence-corrected chi connectivity index (χ4v) is 2.66. The highest BCUT2D eigenvalue weighted by atomic mass is 32.2. The number of amides is 1. The van der Waals surface area contributed by atoms with E-state index in [0.29, 0.717) is 6.04 Å². The number of aromatic nitrogens is 3. The molecular formula is C12H12N4O3S. The van der Waals surface area contributed by atoms with E-state index in [1.165, 1.54) is 24.5 Å². The summed E-state index contributed by atoms with van der Waals surface area (Å²) in [7, 11) is -3.95. The maximum Gasteiger partial charge on any atom is 0.281 e. The number of hydrogen-bond acceptors (Lipinski definition) is 5. The lowest BCUT2D eigenvalue weighted by atomic mass is 10.3. The predicted molar refractivity (Wildman–Crippen MR) is 69.4 cm³/mol. The van der Waals surface area contributed by atoms with Crippen LogP contribution in [0, 0.1) is 0 Å². The molecule has 2 aromatic rings. The Morgan fingerprint density at radius 2 is 2.15 bits per heavy atom. The number of nitrogens with zero attached hydrogens (tertiary/aromatic N) is 3. The van der Waals surface area contributed by atoms with Gasteiger partial charge in [-0.3, -0.25) is 9.48 Å². The molecule has 2 aromatic heterocycles. The van der Waals surface area contributed by atoms with E-state index in [0.717, 1.165) is 12.8 Å². The van der Waals surface area contributed by atoms with Gasteiger partial charge in [-0.15, -0.1) is 0 Å². The van der Waals surface area contributed by atoms with Gasteiger partial charge in [-0.05, 0) is 25.0 Å². The van der Waals surface area contributed by atoms with Crippen molar-refractivity contribution in [1.82, 2.24) is 19.5 Å². The molecule has 0 spiro atoms. The zero-order valence-electron chi connectivity index (χ0n) is 10.4. The van der Waals surface area contributed by atoms with E-state index in [4.69, 9.17) is 0 Å². The lowest BCUT2D eigenvalue weighted by Crippen LogP contribution is -2.30. The second kappa shape index (κ2) is 4.71. The van der Waals surface area contributed by atoms with Crippen molar-refractivity contribution < 1.29 is 13.2 Å². The summed E-state index contributed by atoms with van der Waals surface area (Å²) in [6.45, 7) is 0. The highest BCUT2D eigenvalue weighted by molar-refractivity contribution is 7.90. The molecule has 1 fully saturated rings. The summed E-state index contributed by atoms with van der Waals surface area (Å²) in [6, 6.07) is 4.80. The zero-order chi connectivity index (χ0) is 14.2. The van der Waals surface area contributed by atoms with E-state index in [1.807, 2.05) is 4.72 Å². The third-order valence-electron chi connectivity index (χ3n) is 2.92. The highest BCUT2D eigenvalue weighted by Gasteiger charge is 2.26. The van der Waals surface area contributed by atoms with E-state index in [9.17, 15) is 13.2 Å². The van der Waals surface area contributed by atoms with Gasteiger partial charge in [0, 0.05) is 12.4 Å². The number of rotatable bonds is 4. The summed E-state index contributed by atoms with van der Waals surface area (Å²) in [5.74, 6) is -0.706. The van der Waals surface area contributed by atoms with Gasteiger partial charge >= 0.3 is 0 Å². The molecule has 0 unspecified atom stereocenters. The molecule has 1 aliphatic carbocycles. The minimum atomic E-state index is -3.95. The Hall–Kier alpha value is -2.22. The molecule has 8 heteroatoms. The van der Waals surface area contributed by atoms with Crippen LogP contribution in [0.1, 0.15) is 29.2 Å². The van der Waals surface area contributed by atoms with Crippen LogP contribution in [0.2, 0.25) is 0 Å². The molecular weight excluding hydrogens is 280 g/mol. The van der Waals surface area contributed by atoms with E-state index in [1.54, 1.807) is 16.9 Å². The van der Waals surface area contributed by atoms with Crippen LogP contribution in [-0.4, -0.2) is 29.1 Å². The fraction of sp³-hybridized carbons (Fsp3) is 0.250. The van der Waals surface area contributed by atoms with Crippen LogP contribution in [0.25, 0.3) is 0 Å². The van der Waals surface area contributed by atoms with Crippen LogP contribution >= 0.6 is 0 Å². The van der Waals surface area contributed by atoms with Gasteiger partial charge in [0.2, 0.25) is 0 Å². The van der Waals surface area contributed by atoms with Crippen LogP contribution in [0.4, 0.5) is 0 Å². The summed E-state index contributed by atoms with van der Waals surface area (Å²) in [5.41, 5.74) is 0.219. The second-order valence-corrected chi connectivity index (χ2v) is 6.17. The summed E-state index contributed by atoms with van der Waals surface area (Å²) in [6.07, 6.45) is 6.34. The number of sulfonamides is 1. The molecule has 1 amide bonds. The third kappa shape index (κ3) is 2.55. The first kappa shape index (κ1) is 12.8. The number of nitrogens with one attached hydrogen (secondary N) is 1. The van der Waals surface area contributed by atoms with Crippen molar-refractivity contribution >= 4 is 15.9 Å². The average Bonchev–Trinajstić information content (AvgIpc) is 3.17. The molecule has 0 radical (unpaired) electrons. The smallest absolute Gasteiger partial charge is 0.269 e. The lowest BCUT2D eigenvalue weighted by molar-refractivity contribution is 0.0981. The van der Waals surface area contributed by atoms with Crippen molar-refractivity contribution in [3.63, 3.8) is 0 Å². The topological polar surface area (TPSA) is 93.9 Å². The van der Waals surface area contributed by atoms with Gasteiger partial charge in [-0.25, -0.2) is 9.71 Å². The molecule has 1 saturated carbocycles. The van der Waals surface area contributed by atoms with Gasteiger partial charge < -0.3 is 0 Å². The summed E-state index contributed by atoms with van der Waals surface area (Å²) < 4.78 is 27.6. The first-order valence-corrected chi connectivity index (χ1v) is 7.57. The Kier molecular flexibility index (Phi) is 3.01. The Bertz CT molecular complexity index is 735. The normalized spacial score (nSPS) is 15.0. The Morgan fingerprint density at radius 3 is 2.80 bits per heavy atom. The quantitative estimate of drug-likeness (QED) is 0.896. The number of carbonyl (C=O) groups excluding carboxylic acids is 1.